The number of amides is 1. The van der Waals surface area contributed by atoms with Gasteiger partial charge >= 0.3 is 0 Å². The summed E-state index contributed by atoms with van der Waals surface area (Å²) < 4.78 is 31.0. The summed E-state index contributed by atoms with van der Waals surface area (Å²) in [4.78, 5) is 12.0. The molecule has 0 fully saturated rings. The summed E-state index contributed by atoms with van der Waals surface area (Å²) in [6.45, 7) is 0. The minimum Gasteiger partial charge on any atom is -0.497 e. The van der Waals surface area contributed by atoms with Crippen LogP contribution in [0.25, 0.3) is 0 Å². The Kier molecular flexibility index (Phi) is 4.59. The summed E-state index contributed by atoms with van der Waals surface area (Å²) in [5.74, 6) is -0.434. The van der Waals surface area contributed by atoms with Gasteiger partial charge in [0.25, 0.3) is 5.91 Å². The molecule has 0 aliphatic heterocycles. The summed E-state index contributed by atoms with van der Waals surface area (Å²) in [5.41, 5.74) is 0.842. The predicted molar refractivity (Wildman–Crippen MR) is 79.5 cm³/mol. The molecule has 2 aromatic carbocycles. The summed E-state index contributed by atoms with van der Waals surface area (Å²) in [7, 11) is -2.27. The lowest BCUT2D eigenvalue weighted by Crippen LogP contribution is -2.31. The van der Waals surface area contributed by atoms with E-state index in [4.69, 9.17) is 4.74 Å². The second kappa shape index (κ2) is 6.41. The summed E-state index contributed by atoms with van der Waals surface area (Å²) in [6.07, 6.45) is 0. The Morgan fingerprint density at radius 1 is 1.10 bits per heavy atom. The van der Waals surface area contributed by atoms with E-state index in [1.54, 1.807) is 42.5 Å². The Morgan fingerprint density at radius 2 is 1.81 bits per heavy atom. The molecule has 1 N–H and O–H groups in total. The van der Waals surface area contributed by atoms with Crippen LogP contribution < -0.4 is 9.46 Å². The molecule has 0 aliphatic rings. The van der Waals surface area contributed by atoms with Gasteiger partial charge in [-0.1, -0.05) is 36.4 Å². The highest BCUT2D eigenvalue weighted by Crippen LogP contribution is 2.13. The van der Waals surface area contributed by atoms with E-state index in [1.165, 1.54) is 19.2 Å². The fraction of sp³-hybridized carbons (Fsp3) is 0.133. The molecule has 110 valence electrons. The number of ether oxygens (including phenoxy) is 1. The molecule has 2 rings (SSSR count). The number of sulfonamides is 1. The van der Waals surface area contributed by atoms with Gasteiger partial charge in [0.2, 0.25) is 10.0 Å². The number of carbonyl (C=O) groups is 1. The van der Waals surface area contributed by atoms with Gasteiger partial charge in [-0.15, -0.1) is 0 Å². The number of benzene rings is 2. The van der Waals surface area contributed by atoms with Crippen LogP contribution >= 0.6 is 0 Å². The zero-order chi connectivity index (χ0) is 15.3. The minimum atomic E-state index is -3.74. The first-order chi connectivity index (χ1) is 10.00. The zero-order valence-corrected chi connectivity index (χ0v) is 12.3. The summed E-state index contributed by atoms with van der Waals surface area (Å²) in [6, 6.07) is 15.0. The van der Waals surface area contributed by atoms with Crippen molar-refractivity contribution in [2.24, 2.45) is 0 Å². The van der Waals surface area contributed by atoms with Gasteiger partial charge in [0.1, 0.15) is 5.75 Å². The zero-order valence-electron chi connectivity index (χ0n) is 11.4. The van der Waals surface area contributed by atoms with Crippen LogP contribution in [0.4, 0.5) is 0 Å². The van der Waals surface area contributed by atoms with Crippen LogP contribution in [0.15, 0.2) is 54.6 Å². The lowest BCUT2D eigenvalue weighted by Gasteiger charge is -2.08. The third-order valence-corrected chi connectivity index (χ3v) is 3.99. The van der Waals surface area contributed by atoms with Crippen molar-refractivity contribution < 1.29 is 17.9 Å². The molecule has 0 aromatic heterocycles. The van der Waals surface area contributed by atoms with Crippen molar-refractivity contribution in [3.05, 3.63) is 65.7 Å². The fourth-order valence-corrected chi connectivity index (χ4v) is 2.90. The van der Waals surface area contributed by atoms with Crippen molar-refractivity contribution in [2.45, 2.75) is 5.75 Å². The Balaban J connectivity index is 2.10. The molecule has 5 nitrogen and oxygen atoms in total. The quantitative estimate of drug-likeness (QED) is 0.916. The number of carbonyl (C=O) groups excluding carboxylic acids is 1. The molecular weight excluding hydrogens is 290 g/mol. The normalized spacial score (nSPS) is 10.9. The molecule has 0 saturated carbocycles. The van der Waals surface area contributed by atoms with E-state index in [-0.39, 0.29) is 11.3 Å². The Morgan fingerprint density at radius 3 is 2.48 bits per heavy atom. The van der Waals surface area contributed by atoms with Gasteiger partial charge in [0, 0.05) is 5.56 Å². The van der Waals surface area contributed by atoms with Crippen molar-refractivity contribution in [3.8, 4) is 5.75 Å². The first-order valence-corrected chi connectivity index (χ1v) is 7.88. The summed E-state index contributed by atoms with van der Waals surface area (Å²) in [5, 5.41) is 0. The average molecular weight is 305 g/mol. The molecule has 0 radical (unpaired) electrons. The SMILES string of the molecule is COc1cccc(C(=O)NS(=O)(=O)Cc2ccccc2)c1. The minimum absolute atomic E-state index is 0.228. The highest BCUT2D eigenvalue weighted by Gasteiger charge is 2.17. The number of nitrogens with one attached hydrogen (secondary N) is 1. The van der Waals surface area contributed by atoms with Gasteiger partial charge in [0.15, 0.2) is 0 Å². The first kappa shape index (κ1) is 15.1. The monoisotopic (exact) mass is 305 g/mol. The highest BCUT2D eigenvalue weighted by molar-refractivity contribution is 7.89. The first-order valence-electron chi connectivity index (χ1n) is 6.23. The third-order valence-electron chi connectivity index (χ3n) is 2.78. The molecule has 0 heterocycles. The molecule has 0 atom stereocenters. The molecule has 6 heteroatoms. The van der Waals surface area contributed by atoms with Crippen LogP contribution in [0, 0.1) is 0 Å². The standard InChI is InChI=1S/C15H15NO4S/c1-20-14-9-5-8-13(10-14)15(17)16-21(18,19)11-12-6-3-2-4-7-12/h2-10H,11H2,1H3,(H,16,17). The molecular formula is C15H15NO4S. The smallest absolute Gasteiger partial charge is 0.264 e. The van der Waals surface area contributed by atoms with E-state index < -0.39 is 15.9 Å². The Bertz CT molecular complexity index is 726. The molecule has 0 spiro atoms. The van der Waals surface area contributed by atoms with Crippen molar-refractivity contribution in [2.75, 3.05) is 7.11 Å². The molecule has 2 aromatic rings. The lowest BCUT2D eigenvalue weighted by atomic mass is 10.2. The number of methoxy groups -OCH3 is 1. The molecule has 21 heavy (non-hydrogen) atoms. The van der Waals surface area contributed by atoms with E-state index >= 15 is 0 Å². The van der Waals surface area contributed by atoms with Gasteiger partial charge in [-0.3, -0.25) is 4.79 Å². The maximum atomic E-state index is 12.0. The molecule has 1 amide bonds. The van der Waals surface area contributed by atoms with Crippen molar-refractivity contribution >= 4 is 15.9 Å². The van der Waals surface area contributed by atoms with E-state index in [0.717, 1.165) is 0 Å². The predicted octanol–water partition coefficient (Wildman–Crippen LogP) is 1.95. The topological polar surface area (TPSA) is 72.5 Å². The number of hydrogen-bond donors (Lipinski definition) is 1. The molecule has 0 aliphatic carbocycles. The second-order valence-corrected chi connectivity index (χ2v) is 6.13. The molecule has 0 bridgehead atoms. The van der Waals surface area contributed by atoms with Gasteiger partial charge in [-0.25, -0.2) is 13.1 Å². The van der Waals surface area contributed by atoms with E-state index in [9.17, 15) is 13.2 Å². The van der Waals surface area contributed by atoms with Crippen LogP contribution in [0.2, 0.25) is 0 Å². The highest BCUT2D eigenvalue weighted by atomic mass is 32.2. The van der Waals surface area contributed by atoms with Crippen molar-refractivity contribution in [3.63, 3.8) is 0 Å². The maximum absolute atomic E-state index is 12.0. The maximum Gasteiger partial charge on any atom is 0.264 e. The van der Waals surface area contributed by atoms with E-state index in [1.807, 2.05) is 0 Å². The van der Waals surface area contributed by atoms with E-state index in [2.05, 4.69) is 4.72 Å². The van der Waals surface area contributed by atoms with Crippen molar-refractivity contribution in [1.29, 1.82) is 0 Å². The van der Waals surface area contributed by atoms with Crippen LogP contribution in [0.1, 0.15) is 15.9 Å². The van der Waals surface area contributed by atoms with Crippen LogP contribution in [0.5, 0.6) is 5.75 Å². The average Bonchev–Trinajstić information content (AvgIpc) is 2.47. The van der Waals surface area contributed by atoms with Gasteiger partial charge in [-0.2, -0.15) is 0 Å². The number of hydrogen-bond acceptors (Lipinski definition) is 4. The van der Waals surface area contributed by atoms with Gasteiger partial charge in [0.05, 0.1) is 12.9 Å². The van der Waals surface area contributed by atoms with Gasteiger partial charge in [-0.05, 0) is 23.8 Å². The fourth-order valence-electron chi connectivity index (χ4n) is 1.79. The van der Waals surface area contributed by atoms with Crippen molar-refractivity contribution in [1.82, 2.24) is 4.72 Å². The Hall–Kier alpha value is -2.34. The Labute approximate surface area is 123 Å². The molecule has 0 unspecified atom stereocenters. The second-order valence-electron chi connectivity index (χ2n) is 4.41. The lowest BCUT2D eigenvalue weighted by molar-refractivity contribution is 0.0981. The number of rotatable bonds is 5. The van der Waals surface area contributed by atoms with E-state index in [0.29, 0.717) is 11.3 Å². The largest absolute Gasteiger partial charge is 0.497 e. The van der Waals surface area contributed by atoms with Gasteiger partial charge < -0.3 is 4.74 Å². The molecule has 0 saturated heterocycles. The van der Waals surface area contributed by atoms with Crippen LogP contribution in [-0.4, -0.2) is 21.4 Å². The third kappa shape index (κ3) is 4.32. The van der Waals surface area contributed by atoms with Crippen LogP contribution in [0.3, 0.4) is 0 Å². The van der Waals surface area contributed by atoms with Crippen LogP contribution in [-0.2, 0) is 15.8 Å². The summed E-state index contributed by atoms with van der Waals surface area (Å²) >= 11 is 0.